The predicted octanol–water partition coefficient (Wildman–Crippen LogP) is 4.74. The molecule has 0 saturated heterocycles. The number of aliphatic hydroxyl groups excluding tert-OH is 2. The van der Waals surface area contributed by atoms with Crippen molar-refractivity contribution < 1.29 is 53.4 Å². The highest BCUT2D eigenvalue weighted by atomic mass is 16.5. The molecule has 11 nitrogen and oxygen atoms in total. The molecule has 0 spiro atoms. The number of benzene rings is 2. The summed E-state index contributed by atoms with van der Waals surface area (Å²) < 4.78 is 28.8. The van der Waals surface area contributed by atoms with Crippen molar-refractivity contribution in [2.45, 2.75) is 69.9 Å². The van der Waals surface area contributed by atoms with Crippen molar-refractivity contribution in [2.24, 2.45) is 11.8 Å². The summed E-state index contributed by atoms with van der Waals surface area (Å²) in [6.07, 6.45) is 11.0. The predicted molar refractivity (Wildman–Crippen MR) is 176 cm³/mol. The van der Waals surface area contributed by atoms with E-state index in [1.54, 1.807) is 31.4 Å². The van der Waals surface area contributed by atoms with Crippen LogP contribution in [0.2, 0.25) is 0 Å². The standard InChI is InChI=1S/C23H22O7.C14H20O4/c1-23(2)6-5-11-15(30-23)8-13(24)20-21(25)19-12-7-16(26-3)17(27-4)9-14(12)28-10-18(19)29-22(11)20;1-2-3-4-5-6-7-10-8-12(16)14(18)13(17)11(10)9-15/h5-9,18-19,24H,10H2,1-4H3;4-7,9-12,14,16,18H,2-3,8H2,1H3. The Balaban J connectivity index is 0.000000216. The van der Waals surface area contributed by atoms with E-state index in [-0.39, 0.29) is 36.0 Å². The lowest BCUT2D eigenvalue weighted by Crippen LogP contribution is -2.47. The van der Waals surface area contributed by atoms with E-state index >= 15 is 0 Å². The third-order valence-electron chi connectivity index (χ3n) is 8.88. The first-order chi connectivity index (χ1) is 22.9. The van der Waals surface area contributed by atoms with Crippen LogP contribution in [0.3, 0.4) is 0 Å². The van der Waals surface area contributed by atoms with Crippen LogP contribution in [-0.2, 0) is 9.59 Å². The van der Waals surface area contributed by atoms with Crippen LogP contribution < -0.4 is 23.7 Å². The van der Waals surface area contributed by atoms with Crippen molar-refractivity contribution in [3.63, 3.8) is 0 Å². The summed E-state index contributed by atoms with van der Waals surface area (Å²) in [6.45, 7) is 6.10. The highest BCUT2D eigenvalue weighted by Crippen LogP contribution is 2.52. The molecule has 3 heterocycles. The van der Waals surface area contributed by atoms with Gasteiger partial charge in [-0.25, -0.2) is 0 Å². The fourth-order valence-corrected chi connectivity index (χ4v) is 6.34. The molecule has 2 aromatic rings. The fourth-order valence-electron chi connectivity index (χ4n) is 6.34. The molecule has 1 fully saturated rings. The number of rotatable bonds is 7. The molecule has 1 aliphatic carbocycles. The lowest BCUT2D eigenvalue weighted by atomic mass is 9.76. The molecule has 0 radical (unpaired) electrons. The quantitative estimate of drug-likeness (QED) is 0.214. The third-order valence-corrected chi connectivity index (χ3v) is 8.88. The van der Waals surface area contributed by atoms with Gasteiger partial charge in [0.2, 0.25) is 0 Å². The molecule has 6 unspecified atom stereocenters. The van der Waals surface area contributed by atoms with Gasteiger partial charge in [0.05, 0.1) is 37.7 Å². The van der Waals surface area contributed by atoms with E-state index in [2.05, 4.69) is 6.92 Å². The maximum Gasteiger partial charge on any atom is 0.181 e. The Morgan fingerprint density at radius 3 is 2.46 bits per heavy atom. The van der Waals surface area contributed by atoms with Crippen LogP contribution in [0.1, 0.15) is 67.4 Å². The smallest absolute Gasteiger partial charge is 0.181 e. The van der Waals surface area contributed by atoms with E-state index in [1.165, 1.54) is 13.2 Å². The number of phenols is 1. The lowest BCUT2D eigenvalue weighted by molar-refractivity contribution is -0.146. The van der Waals surface area contributed by atoms with Gasteiger partial charge in [0, 0.05) is 17.7 Å². The Kier molecular flexibility index (Phi) is 10.3. The fraction of sp³-hybridized carbons (Fsp3) is 0.432. The molecular formula is C37H42O11. The molecule has 2 aromatic carbocycles. The summed E-state index contributed by atoms with van der Waals surface area (Å²) in [5, 5.41) is 29.6. The monoisotopic (exact) mass is 662 g/mol. The van der Waals surface area contributed by atoms with Crippen molar-refractivity contribution >= 4 is 23.9 Å². The Morgan fingerprint density at radius 2 is 1.77 bits per heavy atom. The maximum absolute atomic E-state index is 13.6. The van der Waals surface area contributed by atoms with Gasteiger partial charge in [0.25, 0.3) is 0 Å². The largest absolute Gasteiger partial charge is 0.507 e. The van der Waals surface area contributed by atoms with E-state index in [4.69, 9.17) is 23.7 Å². The second-order valence-electron chi connectivity index (χ2n) is 12.7. The number of methoxy groups -OCH3 is 2. The maximum atomic E-state index is 13.6. The number of hydrogen-bond acceptors (Lipinski definition) is 11. The summed E-state index contributed by atoms with van der Waals surface area (Å²) in [5.41, 5.74) is 0.930. The lowest BCUT2D eigenvalue weighted by Gasteiger charge is -2.39. The summed E-state index contributed by atoms with van der Waals surface area (Å²) in [5.74, 6) is -0.428. The van der Waals surface area contributed by atoms with Gasteiger partial charge < -0.3 is 43.8 Å². The average Bonchev–Trinajstić information content (AvgIpc) is 3.06. The van der Waals surface area contributed by atoms with Crippen molar-refractivity contribution in [2.75, 3.05) is 20.8 Å². The Hall–Kier alpha value is -4.61. The zero-order valence-electron chi connectivity index (χ0n) is 27.7. The SMILES string of the molecule is CCCC=CC=CC1CC(O)C(O)C(=O)C1C=O.COc1cc2c(cc1OC)C1C(=O)c3c(O)cc4c(c3OC1CO2)C=CC(C)(C)O4. The molecule has 3 aliphatic heterocycles. The van der Waals surface area contributed by atoms with Gasteiger partial charge in [-0.05, 0) is 50.8 Å². The molecule has 1 saturated carbocycles. The molecular weight excluding hydrogens is 620 g/mol. The molecule has 0 bridgehead atoms. The van der Waals surface area contributed by atoms with Crippen LogP contribution >= 0.6 is 0 Å². The third kappa shape index (κ3) is 6.70. The zero-order valence-corrected chi connectivity index (χ0v) is 27.7. The van der Waals surface area contributed by atoms with E-state index in [1.807, 2.05) is 38.2 Å². The number of phenolic OH excluding ortho intramolecular Hbond substituents is 1. The Morgan fingerprint density at radius 1 is 1.04 bits per heavy atom. The number of aldehydes is 1. The number of ketones is 2. The van der Waals surface area contributed by atoms with Crippen LogP contribution in [0.25, 0.3) is 6.08 Å². The van der Waals surface area contributed by atoms with Gasteiger partial charge in [0.1, 0.15) is 59.3 Å². The number of carbonyl (C=O) groups excluding carboxylic acids is 3. The van der Waals surface area contributed by atoms with Gasteiger partial charge in [-0.3, -0.25) is 9.59 Å². The summed E-state index contributed by atoms with van der Waals surface area (Å²) >= 11 is 0. The van der Waals surface area contributed by atoms with Crippen LogP contribution in [-0.4, -0.2) is 77.9 Å². The van der Waals surface area contributed by atoms with E-state index < -0.39 is 41.5 Å². The van der Waals surface area contributed by atoms with E-state index in [0.717, 1.165) is 12.8 Å². The van der Waals surface area contributed by atoms with Crippen LogP contribution in [0.15, 0.2) is 48.6 Å². The van der Waals surface area contributed by atoms with Gasteiger partial charge in [-0.1, -0.05) is 37.6 Å². The van der Waals surface area contributed by atoms with Gasteiger partial charge >= 0.3 is 0 Å². The minimum absolute atomic E-state index is 0.158. The second kappa shape index (κ2) is 14.2. The van der Waals surface area contributed by atoms with Crippen LogP contribution in [0.4, 0.5) is 0 Å². The number of aromatic hydroxyl groups is 1. The minimum Gasteiger partial charge on any atom is -0.507 e. The van der Waals surface area contributed by atoms with Gasteiger partial charge in [0.15, 0.2) is 23.1 Å². The first-order valence-electron chi connectivity index (χ1n) is 16.0. The first-order valence-corrected chi connectivity index (χ1v) is 16.0. The van der Waals surface area contributed by atoms with E-state index in [0.29, 0.717) is 46.2 Å². The Bertz CT molecular complexity index is 1650. The van der Waals surface area contributed by atoms with Crippen LogP contribution in [0, 0.1) is 11.8 Å². The van der Waals surface area contributed by atoms with Crippen LogP contribution in [0.5, 0.6) is 34.5 Å². The average molecular weight is 663 g/mol. The van der Waals surface area contributed by atoms with E-state index in [9.17, 15) is 29.7 Å². The molecule has 4 aliphatic rings. The normalized spacial score (nSPS) is 26.5. The number of fused-ring (bicyclic) bond motifs is 6. The minimum atomic E-state index is -1.43. The number of unbranched alkanes of at least 4 members (excludes halogenated alkanes) is 1. The van der Waals surface area contributed by atoms with Crippen molar-refractivity contribution in [3.8, 4) is 34.5 Å². The number of carbonyl (C=O) groups is 3. The van der Waals surface area contributed by atoms with Gasteiger partial charge in [-0.2, -0.15) is 0 Å². The summed E-state index contributed by atoms with van der Waals surface area (Å²) in [4.78, 5) is 36.1. The number of aliphatic hydroxyl groups is 2. The summed E-state index contributed by atoms with van der Waals surface area (Å²) in [6, 6.07) is 4.92. The molecule has 11 heteroatoms. The molecule has 256 valence electrons. The summed E-state index contributed by atoms with van der Waals surface area (Å²) in [7, 11) is 3.07. The molecule has 6 atom stereocenters. The molecule has 0 amide bonds. The topological polar surface area (TPSA) is 158 Å². The van der Waals surface area contributed by atoms with Gasteiger partial charge in [-0.15, -0.1) is 0 Å². The number of Topliss-reactive ketones (excluding diaryl/α,β-unsaturated/α-hetero) is 2. The highest BCUT2D eigenvalue weighted by Gasteiger charge is 2.46. The van der Waals surface area contributed by atoms with Crippen molar-refractivity contribution in [3.05, 3.63) is 65.3 Å². The second-order valence-corrected chi connectivity index (χ2v) is 12.7. The highest BCUT2D eigenvalue weighted by molar-refractivity contribution is 6.08. The Labute approximate surface area is 279 Å². The van der Waals surface area contributed by atoms with Crippen molar-refractivity contribution in [1.29, 1.82) is 0 Å². The first kappa shape index (κ1) is 34.7. The molecule has 3 N–H and O–H groups in total. The number of allylic oxidation sites excluding steroid dienone is 4. The molecule has 48 heavy (non-hydrogen) atoms. The zero-order chi connectivity index (χ0) is 34.7. The molecule has 0 aromatic heterocycles. The number of ether oxygens (including phenoxy) is 5. The molecule has 6 rings (SSSR count). The van der Waals surface area contributed by atoms with Crippen molar-refractivity contribution in [1.82, 2.24) is 0 Å². The number of hydrogen-bond donors (Lipinski definition) is 3.